The molecule has 0 saturated heterocycles. The van der Waals surface area contributed by atoms with Crippen LogP contribution in [0.25, 0.3) is 72.3 Å². The van der Waals surface area contributed by atoms with Crippen LogP contribution >= 0.6 is 0 Å². The molecule has 580 valence electrons. The Labute approximate surface area is 714 Å². The van der Waals surface area contributed by atoms with Gasteiger partial charge in [-0.2, -0.15) is 18.2 Å². The summed E-state index contributed by atoms with van der Waals surface area (Å²) in [4.78, 5) is 7.91. The summed E-state index contributed by atoms with van der Waals surface area (Å²) < 4.78 is 14.3. The molecular formula is C110H89N5OPtSi2-2. The monoisotopic (exact) mass is 1750 g/mol. The predicted molar refractivity (Wildman–Crippen MR) is 492 cm³/mol. The van der Waals surface area contributed by atoms with Gasteiger partial charge >= 0.3 is 0 Å². The van der Waals surface area contributed by atoms with Crippen LogP contribution in [-0.4, -0.2) is 30.3 Å². The number of para-hydroxylation sites is 4. The van der Waals surface area contributed by atoms with E-state index < -0.39 is 27.0 Å². The minimum atomic E-state index is -3.10. The third-order valence-electron chi connectivity index (χ3n) is 26.5. The first-order valence-electron chi connectivity index (χ1n) is 41.5. The van der Waals surface area contributed by atoms with Crippen molar-refractivity contribution in [1.82, 2.24) is 14.1 Å². The van der Waals surface area contributed by atoms with Crippen LogP contribution in [0.15, 0.2) is 370 Å². The molecule has 0 unspecified atom stereocenters. The first kappa shape index (κ1) is 75.2. The molecule has 0 N–H and O–H groups in total. The Hall–Kier alpha value is -12.6. The van der Waals surface area contributed by atoms with Gasteiger partial charge < -0.3 is 18.8 Å². The fourth-order valence-corrected chi connectivity index (χ4v) is 30.2. The summed E-state index contributed by atoms with van der Waals surface area (Å²) in [6.45, 7) is 19.2. The third kappa shape index (κ3) is 11.8. The number of hydrogen-bond donors (Lipinski definition) is 0. The molecule has 0 amide bonds. The number of hydrogen-bond acceptors (Lipinski definition) is 3. The molecule has 0 spiro atoms. The van der Waals surface area contributed by atoms with E-state index in [9.17, 15) is 0 Å². The van der Waals surface area contributed by atoms with Gasteiger partial charge in [0, 0.05) is 55.1 Å². The maximum Gasteiger partial charge on any atom is 0.268 e. The largest absolute Gasteiger partial charge is 0.510 e. The molecule has 0 radical (unpaired) electrons. The number of aromatic nitrogens is 4. The van der Waals surface area contributed by atoms with E-state index in [-0.39, 0.29) is 31.9 Å². The fraction of sp³-hybridized carbons (Fsp3) is 0.127. The molecule has 0 atom stereocenters. The van der Waals surface area contributed by atoms with E-state index in [1.807, 2.05) is 6.07 Å². The SMILES string of the molecule is CC1(C)CCC(C)(C)c2cc(-n3c4[c-]c(Oc5[c-]c(-n6[c-][n+](-c7c(-c8cccc([Si](c9ccccc9)(c9ccccc9)c9ccccc9)c8)cccc7-c7cccc([Si](c8ccccc8)(c8ccccc8)c8ccccc8)c7)c7c8c9c(cc76)C(C)(C)c6ccccc6N9c6ccccc6C8(C)C)ccc5)ccc4c4ccccc43)ncc21.[Pt]. The Kier molecular flexibility index (Phi) is 18.3. The zero-order valence-electron chi connectivity index (χ0n) is 68.1. The smallest absolute Gasteiger partial charge is 0.268 e. The molecule has 0 fully saturated rings. The number of ether oxygens (including phenoxy) is 1. The van der Waals surface area contributed by atoms with Crippen molar-refractivity contribution in [3.8, 4) is 50.9 Å². The van der Waals surface area contributed by atoms with Gasteiger partial charge in [-0.25, -0.2) is 4.98 Å². The van der Waals surface area contributed by atoms with E-state index in [4.69, 9.17) is 9.72 Å². The average molecular weight is 1750 g/mol. The van der Waals surface area contributed by atoms with Crippen LogP contribution < -0.4 is 55.7 Å². The van der Waals surface area contributed by atoms with Gasteiger partial charge in [-0.15, -0.1) is 29.7 Å². The first-order chi connectivity index (χ1) is 57.5. The van der Waals surface area contributed by atoms with E-state index in [0.717, 1.165) is 85.1 Å². The van der Waals surface area contributed by atoms with Crippen molar-refractivity contribution in [2.24, 2.45) is 0 Å². The maximum atomic E-state index is 7.24. The first-order valence-corrected chi connectivity index (χ1v) is 45.5. The number of imidazole rings is 1. The van der Waals surface area contributed by atoms with Gasteiger partial charge in [0.1, 0.15) is 5.82 Å². The molecule has 21 rings (SSSR count). The minimum absolute atomic E-state index is 0. The van der Waals surface area contributed by atoms with Crippen LogP contribution in [0, 0.1) is 18.5 Å². The van der Waals surface area contributed by atoms with Crippen molar-refractivity contribution in [3.05, 3.63) is 422 Å². The molecule has 0 saturated carbocycles. The normalized spacial score (nSPS) is 14.7. The summed E-state index contributed by atoms with van der Waals surface area (Å²) in [5, 5.41) is 12.6. The molecule has 3 aliphatic rings. The van der Waals surface area contributed by atoms with E-state index >= 15 is 0 Å². The van der Waals surface area contributed by atoms with Crippen molar-refractivity contribution < 1.29 is 30.4 Å². The van der Waals surface area contributed by atoms with Crippen LogP contribution in [0.5, 0.6) is 11.5 Å². The summed E-state index contributed by atoms with van der Waals surface area (Å²) in [7, 11) is -6.21. The molecule has 0 bridgehead atoms. The van der Waals surface area contributed by atoms with Gasteiger partial charge in [-0.3, -0.25) is 4.57 Å². The molecule has 3 aromatic heterocycles. The summed E-state index contributed by atoms with van der Waals surface area (Å²) >= 11 is 0. The summed E-state index contributed by atoms with van der Waals surface area (Å²) in [5.74, 6) is 1.99. The van der Waals surface area contributed by atoms with E-state index in [1.54, 1.807) is 0 Å². The van der Waals surface area contributed by atoms with Gasteiger partial charge in [0.2, 0.25) is 0 Å². The zero-order valence-corrected chi connectivity index (χ0v) is 72.4. The van der Waals surface area contributed by atoms with Gasteiger partial charge in [0.05, 0.1) is 33.8 Å². The fourth-order valence-electron chi connectivity index (χ4n) is 20.6. The van der Waals surface area contributed by atoms with Crippen LogP contribution in [0.1, 0.15) is 102 Å². The van der Waals surface area contributed by atoms with Gasteiger partial charge in [-0.1, -0.05) is 364 Å². The van der Waals surface area contributed by atoms with Crippen LogP contribution in [-0.2, 0) is 42.7 Å². The molecule has 5 heterocycles. The number of nitrogens with zero attached hydrogens (tertiary/aromatic N) is 5. The summed E-state index contributed by atoms with van der Waals surface area (Å²) in [6, 6.07) is 144. The summed E-state index contributed by atoms with van der Waals surface area (Å²) in [6.07, 6.45) is 8.70. The van der Waals surface area contributed by atoms with Gasteiger partial charge in [0.25, 0.3) is 6.33 Å². The van der Waals surface area contributed by atoms with Crippen LogP contribution in [0.4, 0.5) is 17.1 Å². The van der Waals surface area contributed by atoms with E-state index in [2.05, 4.69) is 457 Å². The van der Waals surface area contributed by atoms with Gasteiger partial charge in [-0.05, 0) is 162 Å². The average Bonchev–Trinajstić information content (AvgIpc) is 1.67. The number of pyridine rings is 1. The quantitative estimate of drug-likeness (QED) is 0.0444. The van der Waals surface area contributed by atoms with Crippen molar-refractivity contribution >= 4 is 108 Å². The molecule has 9 heteroatoms. The second-order valence-electron chi connectivity index (χ2n) is 34.8. The summed E-state index contributed by atoms with van der Waals surface area (Å²) in [5.41, 5.74) is 20.1. The Morgan fingerprint density at radius 2 is 0.815 bits per heavy atom. The molecule has 15 aromatic carbocycles. The standard InChI is InChI=1S/C110H89N5OSi2.Pt/c1-107(2)65-66-108(3,4)96-73-111-102(72-94(96)107)114-97-60-30-27-55-90(97)91-64-63-79(70-100(91)114)116-78-40-35-39-77(69-78)112-74-113(106-101(112)71-95-105-103(106)110(7,8)93-59-29-32-62-99(93)115(105)98-61-31-28-58-92(98)109(95,5)6)104-88(75-37-33-53-86(67-75)117(80-41-15-9-16-42-80,81-43-17-10-18-44-81)82-45-19-11-20-46-82)56-36-57-89(104)76-38-34-54-87(68-76)118(83-47-21-12-22-48-83,84-49-23-13-24-50-84)85-51-25-14-26-52-85;/h9-64,67-68,71-73H,65-66H2,1-8H3;/q-2;. The second kappa shape index (κ2) is 28.9. The van der Waals surface area contributed by atoms with Crippen molar-refractivity contribution in [3.63, 3.8) is 0 Å². The molecule has 2 aliphatic heterocycles. The Morgan fingerprint density at radius 3 is 1.34 bits per heavy atom. The number of rotatable bonds is 15. The van der Waals surface area contributed by atoms with Crippen LogP contribution in [0.2, 0.25) is 0 Å². The Balaban J connectivity index is 0.00000907. The van der Waals surface area contributed by atoms with E-state index in [0.29, 0.717) is 11.5 Å². The predicted octanol–water partition coefficient (Wildman–Crippen LogP) is 20.8. The third-order valence-corrected chi connectivity index (χ3v) is 36.1. The van der Waals surface area contributed by atoms with Gasteiger partial charge in [0.15, 0.2) is 16.1 Å². The number of benzene rings is 15. The van der Waals surface area contributed by atoms with Crippen molar-refractivity contribution in [2.75, 3.05) is 4.90 Å². The molecule has 6 nitrogen and oxygen atoms in total. The number of anilines is 3. The van der Waals surface area contributed by atoms with Crippen molar-refractivity contribution in [1.29, 1.82) is 0 Å². The maximum absolute atomic E-state index is 7.24. The van der Waals surface area contributed by atoms with Crippen molar-refractivity contribution in [2.45, 2.75) is 89.9 Å². The molecule has 1 aliphatic carbocycles. The van der Waals surface area contributed by atoms with Crippen LogP contribution in [0.3, 0.4) is 0 Å². The number of fused-ring (bicyclic) bond motifs is 10. The molecule has 119 heavy (non-hydrogen) atoms. The molecular weight excluding hydrogens is 1660 g/mol. The zero-order chi connectivity index (χ0) is 79.9. The second-order valence-corrected chi connectivity index (χ2v) is 42.4. The Morgan fingerprint density at radius 1 is 0.370 bits per heavy atom. The Bertz CT molecular complexity index is 6580. The molecule has 18 aromatic rings. The van der Waals surface area contributed by atoms with E-state index in [1.165, 1.54) is 91.9 Å². The minimum Gasteiger partial charge on any atom is -0.510 e. The topological polar surface area (TPSA) is 39.1 Å².